The molecule has 1 aliphatic heterocycles. The van der Waals surface area contributed by atoms with Crippen LogP contribution in [-0.4, -0.2) is 6.17 Å². The fourth-order valence-electron chi connectivity index (χ4n) is 5.97. The molecule has 37 heavy (non-hydrogen) atoms. The Morgan fingerprint density at radius 2 is 1.03 bits per heavy atom. The standard InChI is InChI=1S/C35H47N2/c1-23(2)29-16-12-17-30(24(3)4)34(29)36-20-21-37(33(36)22-28-15-11-10-14-27(28)9)35-31(25(5)6)18-13-19-32(35)26(7)8/h9,12-13,16-26,33H,10-11,14-15H2,1-8H3/q-1. The SMILES string of the molecule is [CH]C1=C([CH-]C2N(c3c(C(C)C)cccc3C(C)C)C=CN2c2c(C(C)C)cccc2C(C)C)CCCC1. The summed E-state index contributed by atoms with van der Waals surface area (Å²) in [4.78, 5) is 5.06. The molecule has 2 heteroatoms. The van der Waals surface area contributed by atoms with Crippen molar-refractivity contribution in [1.29, 1.82) is 0 Å². The third kappa shape index (κ3) is 5.49. The molecule has 0 fully saturated rings. The topological polar surface area (TPSA) is 6.48 Å². The summed E-state index contributed by atoms with van der Waals surface area (Å²) in [6.07, 6.45) is 11.6. The van der Waals surface area contributed by atoms with E-state index in [-0.39, 0.29) is 6.17 Å². The number of nitrogens with zero attached hydrogens (tertiary/aromatic N) is 2. The number of allylic oxidation sites excluding steroid dienone is 1. The lowest BCUT2D eigenvalue weighted by molar-refractivity contribution is 0.659. The van der Waals surface area contributed by atoms with Crippen molar-refractivity contribution in [3.63, 3.8) is 0 Å². The van der Waals surface area contributed by atoms with Gasteiger partial charge >= 0.3 is 0 Å². The van der Waals surface area contributed by atoms with Crippen molar-refractivity contribution in [2.45, 2.75) is 111 Å². The van der Waals surface area contributed by atoms with Crippen LogP contribution in [0.25, 0.3) is 0 Å². The number of hydrogen-bond donors (Lipinski definition) is 0. The predicted octanol–water partition coefficient (Wildman–Crippen LogP) is 10.1. The van der Waals surface area contributed by atoms with Crippen molar-refractivity contribution in [3.05, 3.63) is 95.5 Å². The Kier molecular flexibility index (Phi) is 8.46. The quantitative estimate of drug-likeness (QED) is 0.336. The van der Waals surface area contributed by atoms with E-state index in [1.165, 1.54) is 52.0 Å². The molecule has 0 spiro atoms. The predicted molar refractivity (Wildman–Crippen MR) is 161 cm³/mol. The van der Waals surface area contributed by atoms with Crippen molar-refractivity contribution in [2.75, 3.05) is 9.80 Å². The van der Waals surface area contributed by atoms with E-state index in [1.54, 1.807) is 0 Å². The van der Waals surface area contributed by atoms with Crippen LogP contribution in [0.15, 0.2) is 59.9 Å². The minimum absolute atomic E-state index is 0.0430. The number of rotatable bonds is 8. The maximum absolute atomic E-state index is 6.63. The second-order valence-electron chi connectivity index (χ2n) is 12.1. The lowest BCUT2D eigenvalue weighted by Crippen LogP contribution is -2.41. The van der Waals surface area contributed by atoms with Crippen LogP contribution < -0.4 is 9.80 Å². The maximum Gasteiger partial charge on any atom is 0.0636 e. The van der Waals surface area contributed by atoms with Gasteiger partial charge in [-0.2, -0.15) is 6.42 Å². The molecule has 1 heterocycles. The van der Waals surface area contributed by atoms with Crippen molar-refractivity contribution in [2.24, 2.45) is 0 Å². The lowest BCUT2D eigenvalue weighted by Gasteiger charge is -2.43. The Morgan fingerprint density at radius 3 is 1.38 bits per heavy atom. The first-order chi connectivity index (χ1) is 17.6. The van der Waals surface area contributed by atoms with Gasteiger partial charge in [-0.3, -0.25) is 0 Å². The zero-order chi connectivity index (χ0) is 26.9. The Hall–Kier alpha value is -2.61. The van der Waals surface area contributed by atoms with Gasteiger partial charge in [0.15, 0.2) is 0 Å². The number of anilines is 2. The summed E-state index contributed by atoms with van der Waals surface area (Å²) >= 11 is 0. The van der Waals surface area contributed by atoms with Gasteiger partial charge in [-0.1, -0.05) is 117 Å². The summed E-state index contributed by atoms with van der Waals surface area (Å²) in [5.74, 6) is 1.74. The van der Waals surface area contributed by atoms with Gasteiger partial charge in [-0.05, 0) is 45.9 Å². The van der Waals surface area contributed by atoms with E-state index in [0.717, 1.165) is 18.4 Å². The summed E-state index contributed by atoms with van der Waals surface area (Å²) in [6.45, 7) is 25.1. The highest BCUT2D eigenvalue weighted by molar-refractivity contribution is 5.73. The summed E-state index contributed by atoms with van der Waals surface area (Å²) in [7, 11) is 0. The van der Waals surface area contributed by atoms with Crippen molar-refractivity contribution in [3.8, 4) is 0 Å². The average Bonchev–Trinajstić information content (AvgIpc) is 3.26. The fourth-order valence-corrected chi connectivity index (χ4v) is 5.97. The number of benzene rings is 2. The fraction of sp³-hybridized carbons (Fsp3) is 0.486. The molecule has 0 saturated carbocycles. The van der Waals surface area contributed by atoms with Crippen molar-refractivity contribution in [1.82, 2.24) is 0 Å². The van der Waals surface area contributed by atoms with E-state index < -0.39 is 0 Å². The molecule has 2 aromatic carbocycles. The van der Waals surface area contributed by atoms with Crippen LogP contribution >= 0.6 is 0 Å². The van der Waals surface area contributed by atoms with Crippen molar-refractivity contribution >= 4 is 11.4 Å². The first-order valence-electron chi connectivity index (χ1n) is 14.4. The zero-order valence-corrected chi connectivity index (χ0v) is 24.4. The van der Waals surface area contributed by atoms with E-state index in [2.05, 4.69) is 120 Å². The molecule has 0 aromatic heterocycles. The molecule has 2 radical (unpaired) electrons. The second kappa shape index (κ2) is 11.4. The van der Waals surface area contributed by atoms with Crippen molar-refractivity contribution < 1.29 is 0 Å². The van der Waals surface area contributed by atoms with Crippen LogP contribution in [0.1, 0.15) is 127 Å². The molecule has 1 aliphatic carbocycles. The molecular weight excluding hydrogens is 448 g/mol. The highest BCUT2D eigenvalue weighted by Gasteiger charge is 2.32. The molecule has 0 saturated heterocycles. The molecule has 0 N–H and O–H groups in total. The number of hydrogen-bond acceptors (Lipinski definition) is 2. The molecule has 0 bridgehead atoms. The van der Waals surface area contributed by atoms with Gasteiger partial charge in [-0.15, -0.1) is 6.92 Å². The third-order valence-electron chi connectivity index (χ3n) is 8.06. The van der Waals surface area contributed by atoms with Crippen LogP contribution in [0.3, 0.4) is 0 Å². The highest BCUT2D eigenvalue weighted by Crippen LogP contribution is 2.45. The third-order valence-corrected chi connectivity index (χ3v) is 8.06. The van der Waals surface area contributed by atoms with E-state index in [0.29, 0.717) is 23.7 Å². The molecule has 0 atom stereocenters. The molecule has 2 aliphatic rings. The van der Waals surface area contributed by atoms with Gasteiger partial charge in [0.1, 0.15) is 0 Å². The molecule has 0 amide bonds. The number of para-hydroxylation sites is 2. The largest absolute Gasteiger partial charge is 0.337 e. The van der Waals surface area contributed by atoms with Crippen LogP contribution in [0.4, 0.5) is 11.4 Å². The van der Waals surface area contributed by atoms with Gasteiger partial charge in [0.05, 0.1) is 6.17 Å². The van der Waals surface area contributed by atoms with Gasteiger partial charge in [0.25, 0.3) is 0 Å². The van der Waals surface area contributed by atoms with Crippen LogP contribution in [0.5, 0.6) is 0 Å². The van der Waals surface area contributed by atoms with E-state index in [9.17, 15) is 0 Å². The van der Waals surface area contributed by atoms with E-state index >= 15 is 0 Å². The van der Waals surface area contributed by atoms with Gasteiger partial charge < -0.3 is 9.80 Å². The molecule has 4 rings (SSSR count). The molecule has 2 nitrogen and oxygen atoms in total. The lowest BCUT2D eigenvalue weighted by atomic mass is 9.88. The van der Waals surface area contributed by atoms with Crippen LogP contribution in [-0.2, 0) is 0 Å². The summed E-state index contributed by atoms with van der Waals surface area (Å²) in [5.41, 5.74) is 10.7. The molecule has 0 unspecified atom stereocenters. The Balaban J connectivity index is 1.92. The average molecular weight is 496 g/mol. The van der Waals surface area contributed by atoms with Crippen LogP contribution in [0.2, 0.25) is 0 Å². The molecule has 198 valence electrons. The van der Waals surface area contributed by atoms with E-state index in [4.69, 9.17) is 6.92 Å². The zero-order valence-electron chi connectivity index (χ0n) is 24.4. The first kappa shape index (κ1) is 27.4. The maximum atomic E-state index is 6.63. The monoisotopic (exact) mass is 495 g/mol. The minimum atomic E-state index is 0.0430. The van der Waals surface area contributed by atoms with Gasteiger partial charge in [0.2, 0.25) is 0 Å². The first-order valence-corrected chi connectivity index (χ1v) is 14.4. The van der Waals surface area contributed by atoms with Gasteiger partial charge in [-0.25, -0.2) is 11.1 Å². The molecular formula is C35H47N2-. The normalized spacial score (nSPS) is 16.9. The second-order valence-corrected chi connectivity index (χ2v) is 12.1. The van der Waals surface area contributed by atoms with Crippen LogP contribution in [0, 0.1) is 13.3 Å². The summed E-state index contributed by atoms with van der Waals surface area (Å²) < 4.78 is 0. The smallest absolute Gasteiger partial charge is 0.0636 e. The minimum Gasteiger partial charge on any atom is -0.337 e. The Bertz CT molecular complexity index is 1020. The Labute approximate surface area is 227 Å². The summed E-state index contributed by atoms with van der Waals surface area (Å²) in [6, 6.07) is 13.7. The summed E-state index contributed by atoms with van der Waals surface area (Å²) in [5, 5.41) is 0. The van der Waals surface area contributed by atoms with Gasteiger partial charge in [0, 0.05) is 23.8 Å². The highest BCUT2D eigenvalue weighted by atomic mass is 15.4. The van der Waals surface area contributed by atoms with E-state index in [1.807, 2.05) is 0 Å². The molecule has 2 aromatic rings. The Morgan fingerprint density at radius 1 is 0.649 bits per heavy atom.